The summed E-state index contributed by atoms with van der Waals surface area (Å²) in [6.45, 7) is 8.04. The maximum atomic E-state index is 12.9. The van der Waals surface area contributed by atoms with Crippen molar-refractivity contribution in [1.82, 2.24) is 9.66 Å². The van der Waals surface area contributed by atoms with Crippen molar-refractivity contribution in [3.05, 3.63) is 87.6 Å². The molecular formula is C28H35N5O. The summed E-state index contributed by atoms with van der Waals surface area (Å²) in [5.41, 5.74) is 6.17. The zero-order valence-corrected chi connectivity index (χ0v) is 20.5. The number of benzene rings is 2. The molecule has 0 amide bonds. The van der Waals surface area contributed by atoms with Crippen LogP contribution in [0.5, 0.6) is 0 Å². The van der Waals surface area contributed by atoms with Crippen molar-refractivity contribution in [2.75, 3.05) is 17.2 Å². The molecule has 2 heterocycles. The van der Waals surface area contributed by atoms with E-state index >= 15 is 0 Å². The Kier molecular flexibility index (Phi) is 7.78. The molecule has 0 saturated heterocycles. The SMILES string of the molecule is CCNc1ccc(NCc2cc(=O)n3c(n2)CCCC(c2ccccc2)=N3)cc1CC(C)CC. The number of anilines is 2. The van der Waals surface area contributed by atoms with Crippen LogP contribution in [0.15, 0.2) is 64.5 Å². The van der Waals surface area contributed by atoms with Crippen molar-refractivity contribution in [1.29, 1.82) is 0 Å². The van der Waals surface area contributed by atoms with Gasteiger partial charge in [0.2, 0.25) is 0 Å². The van der Waals surface area contributed by atoms with Crippen LogP contribution < -0.4 is 16.2 Å². The lowest BCUT2D eigenvalue weighted by molar-refractivity contribution is 0.561. The summed E-state index contributed by atoms with van der Waals surface area (Å²) in [5.74, 6) is 1.36. The highest BCUT2D eigenvalue weighted by Gasteiger charge is 2.15. The van der Waals surface area contributed by atoms with Crippen LogP contribution in [0.25, 0.3) is 0 Å². The van der Waals surface area contributed by atoms with E-state index in [1.165, 1.54) is 15.9 Å². The van der Waals surface area contributed by atoms with Crippen molar-refractivity contribution in [2.24, 2.45) is 11.0 Å². The van der Waals surface area contributed by atoms with E-state index in [0.29, 0.717) is 12.5 Å². The minimum Gasteiger partial charge on any atom is -0.385 e. The molecule has 0 spiro atoms. The second kappa shape index (κ2) is 11.1. The summed E-state index contributed by atoms with van der Waals surface area (Å²) in [6, 6.07) is 18.1. The van der Waals surface area contributed by atoms with E-state index in [0.717, 1.165) is 67.1 Å². The average Bonchev–Trinajstić information content (AvgIpc) is 3.08. The molecule has 0 fully saturated rings. The molecule has 2 N–H and O–H groups in total. The van der Waals surface area contributed by atoms with Gasteiger partial charge >= 0.3 is 0 Å². The largest absolute Gasteiger partial charge is 0.385 e. The van der Waals surface area contributed by atoms with Crippen LogP contribution in [0, 0.1) is 5.92 Å². The lowest BCUT2D eigenvalue weighted by atomic mass is 9.97. The van der Waals surface area contributed by atoms with Crippen LogP contribution in [0.3, 0.4) is 0 Å². The molecule has 6 nitrogen and oxygen atoms in total. The Morgan fingerprint density at radius 1 is 1.03 bits per heavy atom. The van der Waals surface area contributed by atoms with Gasteiger partial charge in [-0.05, 0) is 61.4 Å². The van der Waals surface area contributed by atoms with Gasteiger partial charge < -0.3 is 10.6 Å². The first-order valence-electron chi connectivity index (χ1n) is 12.4. The Hall–Kier alpha value is -3.41. The van der Waals surface area contributed by atoms with Crippen molar-refractivity contribution in [3.8, 4) is 0 Å². The third-order valence-corrected chi connectivity index (χ3v) is 6.37. The topological polar surface area (TPSA) is 71.3 Å². The maximum absolute atomic E-state index is 12.9. The normalized spacial score (nSPS) is 14.0. The Morgan fingerprint density at radius 3 is 2.62 bits per heavy atom. The van der Waals surface area contributed by atoms with Crippen LogP contribution in [-0.4, -0.2) is 21.9 Å². The summed E-state index contributed by atoms with van der Waals surface area (Å²) in [5, 5.41) is 11.6. The predicted octanol–water partition coefficient (Wildman–Crippen LogP) is 5.46. The zero-order chi connectivity index (χ0) is 23.9. The van der Waals surface area contributed by atoms with E-state index < -0.39 is 0 Å². The molecule has 0 radical (unpaired) electrons. The number of hydrogen-bond acceptors (Lipinski definition) is 5. The van der Waals surface area contributed by atoms with Gasteiger partial charge in [-0.25, -0.2) is 4.98 Å². The maximum Gasteiger partial charge on any atom is 0.274 e. The van der Waals surface area contributed by atoms with Gasteiger partial charge in [0, 0.05) is 30.4 Å². The molecule has 34 heavy (non-hydrogen) atoms. The molecule has 0 bridgehead atoms. The molecule has 178 valence electrons. The summed E-state index contributed by atoms with van der Waals surface area (Å²) in [6.07, 6.45) is 4.67. The lowest BCUT2D eigenvalue weighted by Crippen LogP contribution is -2.23. The second-order valence-electron chi connectivity index (χ2n) is 9.05. The fraction of sp³-hybridized carbons (Fsp3) is 0.393. The standard InChI is InChI=1S/C28H35N5O/c1-4-20(3)16-22-17-23(14-15-25(22)29-5-2)30-19-24-18-28(34)33-27(31-24)13-9-12-26(32-33)21-10-7-6-8-11-21/h6-8,10-11,14-15,17-18,20,29-30H,4-5,9,12-13,16,19H2,1-3H3. The molecule has 6 heteroatoms. The van der Waals surface area contributed by atoms with Crippen LogP contribution in [-0.2, 0) is 19.4 Å². The van der Waals surface area contributed by atoms with Crippen molar-refractivity contribution in [2.45, 2.75) is 59.4 Å². The molecule has 3 aromatic rings. The zero-order valence-electron chi connectivity index (χ0n) is 20.5. The number of aromatic nitrogens is 2. The Morgan fingerprint density at radius 2 is 1.85 bits per heavy atom. The van der Waals surface area contributed by atoms with Gasteiger partial charge in [-0.1, -0.05) is 50.6 Å². The molecule has 1 atom stereocenters. The molecule has 1 unspecified atom stereocenters. The van der Waals surface area contributed by atoms with Crippen LogP contribution in [0.2, 0.25) is 0 Å². The van der Waals surface area contributed by atoms with E-state index in [-0.39, 0.29) is 5.56 Å². The first-order valence-corrected chi connectivity index (χ1v) is 12.4. The van der Waals surface area contributed by atoms with Gasteiger partial charge in [-0.15, -0.1) is 0 Å². The molecule has 0 aliphatic carbocycles. The summed E-state index contributed by atoms with van der Waals surface area (Å²) in [4.78, 5) is 17.7. The van der Waals surface area contributed by atoms with E-state index in [9.17, 15) is 4.79 Å². The monoisotopic (exact) mass is 457 g/mol. The average molecular weight is 458 g/mol. The number of nitrogens with zero attached hydrogens (tertiary/aromatic N) is 3. The van der Waals surface area contributed by atoms with Gasteiger partial charge in [-0.3, -0.25) is 4.79 Å². The van der Waals surface area contributed by atoms with Gasteiger partial charge in [-0.2, -0.15) is 9.78 Å². The fourth-order valence-corrected chi connectivity index (χ4v) is 4.30. The Bertz CT molecular complexity index is 1200. The molecular weight excluding hydrogens is 422 g/mol. The first-order chi connectivity index (χ1) is 16.6. The molecule has 4 rings (SSSR count). The number of nitrogens with one attached hydrogen (secondary N) is 2. The summed E-state index contributed by atoms with van der Waals surface area (Å²) < 4.78 is 1.48. The smallest absolute Gasteiger partial charge is 0.274 e. The molecule has 0 saturated carbocycles. The summed E-state index contributed by atoms with van der Waals surface area (Å²) >= 11 is 0. The summed E-state index contributed by atoms with van der Waals surface area (Å²) in [7, 11) is 0. The fourth-order valence-electron chi connectivity index (χ4n) is 4.30. The van der Waals surface area contributed by atoms with Gasteiger partial charge in [0.25, 0.3) is 5.56 Å². The number of aryl methyl sites for hydroxylation is 1. The first kappa shape index (κ1) is 23.7. The highest BCUT2D eigenvalue weighted by Crippen LogP contribution is 2.25. The number of rotatable bonds is 9. The van der Waals surface area contributed by atoms with E-state index in [2.05, 4.69) is 54.7 Å². The highest BCUT2D eigenvalue weighted by atomic mass is 16.1. The lowest BCUT2D eigenvalue weighted by Gasteiger charge is -2.16. The van der Waals surface area contributed by atoms with E-state index in [4.69, 9.17) is 4.98 Å². The minimum absolute atomic E-state index is 0.128. The molecule has 1 aliphatic heterocycles. The van der Waals surface area contributed by atoms with Crippen LogP contribution in [0.4, 0.5) is 11.4 Å². The van der Waals surface area contributed by atoms with Crippen LogP contribution >= 0.6 is 0 Å². The molecule has 1 aromatic heterocycles. The van der Waals surface area contributed by atoms with Crippen molar-refractivity contribution < 1.29 is 0 Å². The molecule has 1 aliphatic rings. The quantitative estimate of drug-likeness (QED) is 0.447. The second-order valence-corrected chi connectivity index (χ2v) is 9.05. The third-order valence-electron chi connectivity index (χ3n) is 6.37. The number of fused-ring (bicyclic) bond motifs is 1. The number of hydrogen-bond donors (Lipinski definition) is 2. The van der Waals surface area contributed by atoms with E-state index in [1.54, 1.807) is 6.07 Å². The third kappa shape index (κ3) is 5.74. The van der Waals surface area contributed by atoms with E-state index in [1.807, 2.05) is 30.3 Å². The van der Waals surface area contributed by atoms with Gasteiger partial charge in [0.05, 0.1) is 18.0 Å². The predicted molar refractivity (Wildman–Crippen MR) is 141 cm³/mol. The minimum atomic E-state index is -0.128. The van der Waals surface area contributed by atoms with Crippen molar-refractivity contribution >= 4 is 17.1 Å². The van der Waals surface area contributed by atoms with Gasteiger partial charge in [0.15, 0.2) is 0 Å². The molecule has 2 aromatic carbocycles. The Balaban J connectivity index is 1.53. The Labute approximate surface area is 202 Å². The van der Waals surface area contributed by atoms with Gasteiger partial charge in [0.1, 0.15) is 5.82 Å². The van der Waals surface area contributed by atoms with Crippen LogP contribution in [0.1, 0.15) is 62.7 Å². The van der Waals surface area contributed by atoms with Crippen molar-refractivity contribution in [3.63, 3.8) is 0 Å². The highest BCUT2D eigenvalue weighted by molar-refractivity contribution is 6.00.